The lowest BCUT2D eigenvalue weighted by Crippen LogP contribution is -2.30. The molecule has 0 saturated heterocycles. The Morgan fingerprint density at radius 1 is 1.83 bits per heavy atom. The van der Waals surface area contributed by atoms with E-state index in [1.807, 2.05) is 19.2 Å². The van der Waals surface area contributed by atoms with Gasteiger partial charge in [-0.15, -0.1) is 0 Å². The Morgan fingerprint density at radius 2 is 2.58 bits per heavy atom. The van der Waals surface area contributed by atoms with Crippen LogP contribution in [0.3, 0.4) is 0 Å². The van der Waals surface area contributed by atoms with E-state index < -0.39 is 0 Å². The van der Waals surface area contributed by atoms with Crippen molar-refractivity contribution in [3.05, 3.63) is 18.0 Å². The fourth-order valence-electron chi connectivity index (χ4n) is 0.876. The van der Waals surface area contributed by atoms with Crippen molar-refractivity contribution in [1.29, 1.82) is 0 Å². The van der Waals surface area contributed by atoms with Crippen molar-refractivity contribution in [3.8, 4) is 0 Å². The lowest BCUT2D eigenvalue weighted by Gasteiger charge is -1.99. The summed E-state index contributed by atoms with van der Waals surface area (Å²) in [5.74, 6) is 4.73. The number of hydrogen-bond acceptors (Lipinski definition) is 3. The Balaban J connectivity index is 2.38. The molecule has 3 N–H and O–H groups in total. The third kappa shape index (κ3) is 2.35. The molecule has 0 aromatic carbocycles. The second kappa shape index (κ2) is 3.87. The number of carbonyl (C=O) groups excluding carboxylic acids is 1. The summed E-state index contributed by atoms with van der Waals surface area (Å²) in [4.78, 5) is 10.7. The van der Waals surface area contributed by atoms with Crippen LogP contribution in [0, 0.1) is 6.92 Å². The molecule has 0 aliphatic heterocycles. The number of nitrogens with two attached hydrogens (primary N) is 1. The topological polar surface area (TPSA) is 72.9 Å². The van der Waals surface area contributed by atoms with Crippen LogP contribution in [-0.2, 0) is 11.3 Å². The molecule has 5 nitrogen and oxygen atoms in total. The quantitative estimate of drug-likeness (QED) is 0.365. The van der Waals surface area contributed by atoms with Gasteiger partial charge in [0.2, 0.25) is 5.91 Å². The minimum absolute atomic E-state index is 0.178. The molecular weight excluding hydrogens is 156 g/mol. The van der Waals surface area contributed by atoms with E-state index in [4.69, 9.17) is 5.84 Å². The van der Waals surface area contributed by atoms with Crippen molar-refractivity contribution in [2.75, 3.05) is 0 Å². The van der Waals surface area contributed by atoms with Gasteiger partial charge >= 0.3 is 0 Å². The molecule has 0 bridgehead atoms. The highest BCUT2D eigenvalue weighted by atomic mass is 16.2. The van der Waals surface area contributed by atoms with E-state index >= 15 is 0 Å². The first-order chi connectivity index (χ1) is 5.72. The van der Waals surface area contributed by atoms with E-state index in [0.717, 1.165) is 5.69 Å². The molecule has 1 rings (SSSR count). The largest absolute Gasteiger partial charge is 0.294 e. The van der Waals surface area contributed by atoms with Crippen LogP contribution in [0.25, 0.3) is 0 Å². The predicted molar refractivity (Wildman–Crippen MR) is 43.9 cm³/mol. The smallest absolute Gasteiger partial charge is 0.235 e. The number of aryl methyl sites for hydroxylation is 2. The Labute approximate surface area is 70.5 Å². The summed E-state index contributed by atoms with van der Waals surface area (Å²) in [6.07, 6.45) is 2.19. The van der Waals surface area contributed by atoms with E-state index in [0.29, 0.717) is 13.0 Å². The molecule has 0 saturated carbocycles. The second-order valence-electron chi connectivity index (χ2n) is 2.54. The third-order valence-corrected chi connectivity index (χ3v) is 1.50. The zero-order chi connectivity index (χ0) is 8.97. The summed E-state index contributed by atoms with van der Waals surface area (Å²) >= 11 is 0. The molecule has 1 amide bonds. The molecule has 0 aliphatic rings. The molecule has 0 fully saturated rings. The van der Waals surface area contributed by atoms with Crippen molar-refractivity contribution >= 4 is 5.91 Å². The number of nitrogens with zero attached hydrogens (tertiary/aromatic N) is 2. The zero-order valence-electron chi connectivity index (χ0n) is 6.95. The molecule has 0 radical (unpaired) electrons. The van der Waals surface area contributed by atoms with Gasteiger partial charge in [0.25, 0.3) is 0 Å². The number of aromatic nitrogens is 2. The van der Waals surface area contributed by atoms with E-state index in [1.165, 1.54) is 0 Å². The average molecular weight is 168 g/mol. The zero-order valence-corrected chi connectivity index (χ0v) is 6.95. The molecule has 1 aromatic rings. The van der Waals surface area contributed by atoms with Crippen molar-refractivity contribution in [2.24, 2.45) is 5.84 Å². The van der Waals surface area contributed by atoms with Crippen LogP contribution in [-0.4, -0.2) is 15.7 Å². The van der Waals surface area contributed by atoms with Crippen LogP contribution < -0.4 is 11.3 Å². The van der Waals surface area contributed by atoms with E-state index in [1.54, 1.807) is 4.68 Å². The predicted octanol–water partition coefficient (Wildman–Crippen LogP) is -0.428. The van der Waals surface area contributed by atoms with Gasteiger partial charge in [-0.05, 0) is 13.0 Å². The second-order valence-corrected chi connectivity index (χ2v) is 2.54. The molecule has 0 atom stereocenters. The fourth-order valence-corrected chi connectivity index (χ4v) is 0.876. The molecular formula is C7H12N4O. The molecule has 0 spiro atoms. The number of nitrogens with one attached hydrogen (secondary N) is 1. The monoisotopic (exact) mass is 168 g/mol. The minimum atomic E-state index is -0.178. The molecule has 0 unspecified atom stereocenters. The van der Waals surface area contributed by atoms with Crippen molar-refractivity contribution in [2.45, 2.75) is 19.9 Å². The first kappa shape index (κ1) is 8.73. The summed E-state index contributed by atoms with van der Waals surface area (Å²) in [6.45, 7) is 2.47. The van der Waals surface area contributed by atoms with Crippen LogP contribution in [0.15, 0.2) is 12.3 Å². The lowest BCUT2D eigenvalue weighted by atomic mass is 10.4. The molecule has 1 aromatic heterocycles. The van der Waals surface area contributed by atoms with Crippen LogP contribution in [0.4, 0.5) is 0 Å². The van der Waals surface area contributed by atoms with Gasteiger partial charge in [-0.1, -0.05) is 0 Å². The van der Waals surface area contributed by atoms with Crippen molar-refractivity contribution in [1.82, 2.24) is 15.2 Å². The Hall–Kier alpha value is -1.36. The highest BCUT2D eigenvalue weighted by Gasteiger charge is 1.99. The highest BCUT2D eigenvalue weighted by Crippen LogP contribution is 1.93. The van der Waals surface area contributed by atoms with E-state index in [2.05, 4.69) is 10.5 Å². The van der Waals surface area contributed by atoms with Gasteiger partial charge in [0.05, 0.1) is 5.69 Å². The Morgan fingerprint density at radius 3 is 3.08 bits per heavy atom. The van der Waals surface area contributed by atoms with Gasteiger partial charge in [-0.2, -0.15) is 5.10 Å². The number of hydrazine groups is 1. The molecule has 12 heavy (non-hydrogen) atoms. The SMILES string of the molecule is Cc1ccn(CCC(=O)NN)n1. The number of rotatable bonds is 3. The lowest BCUT2D eigenvalue weighted by molar-refractivity contribution is -0.121. The highest BCUT2D eigenvalue weighted by molar-refractivity contribution is 5.74. The first-order valence-corrected chi connectivity index (χ1v) is 3.72. The third-order valence-electron chi connectivity index (χ3n) is 1.50. The summed E-state index contributed by atoms with van der Waals surface area (Å²) in [5, 5.41) is 4.11. The van der Waals surface area contributed by atoms with Crippen LogP contribution in [0.5, 0.6) is 0 Å². The van der Waals surface area contributed by atoms with Crippen LogP contribution in [0.2, 0.25) is 0 Å². The minimum Gasteiger partial charge on any atom is -0.294 e. The van der Waals surface area contributed by atoms with E-state index in [9.17, 15) is 4.79 Å². The summed E-state index contributed by atoms with van der Waals surface area (Å²) in [5.41, 5.74) is 3.01. The van der Waals surface area contributed by atoms with Gasteiger partial charge in [0, 0.05) is 19.2 Å². The first-order valence-electron chi connectivity index (χ1n) is 3.72. The number of carbonyl (C=O) groups is 1. The molecule has 0 aliphatic carbocycles. The van der Waals surface area contributed by atoms with Crippen LogP contribution in [0.1, 0.15) is 12.1 Å². The maximum atomic E-state index is 10.7. The van der Waals surface area contributed by atoms with Gasteiger partial charge in [-0.25, -0.2) is 5.84 Å². The number of amides is 1. The summed E-state index contributed by atoms with van der Waals surface area (Å²) < 4.78 is 1.71. The Kier molecular flexibility index (Phi) is 2.82. The van der Waals surface area contributed by atoms with Crippen molar-refractivity contribution in [3.63, 3.8) is 0 Å². The van der Waals surface area contributed by atoms with Crippen molar-refractivity contribution < 1.29 is 4.79 Å². The maximum absolute atomic E-state index is 10.7. The maximum Gasteiger partial charge on any atom is 0.235 e. The standard InChI is InChI=1S/C7H12N4O/c1-6-2-4-11(10-6)5-3-7(12)9-8/h2,4H,3,5,8H2,1H3,(H,9,12). The van der Waals surface area contributed by atoms with Crippen LogP contribution >= 0.6 is 0 Å². The summed E-state index contributed by atoms with van der Waals surface area (Å²) in [6, 6.07) is 1.89. The Bertz CT molecular complexity index is 268. The van der Waals surface area contributed by atoms with Gasteiger partial charge in [0.15, 0.2) is 0 Å². The average Bonchev–Trinajstić information content (AvgIpc) is 2.47. The van der Waals surface area contributed by atoms with E-state index in [-0.39, 0.29) is 5.91 Å². The molecule has 1 heterocycles. The number of hydrogen-bond donors (Lipinski definition) is 2. The molecule has 66 valence electrons. The fraction of sp³-hybridized carbons (Fsp3) is 0.429. The van der Waals surface area contributed by atoms with Gasteiger partial charge in [0.1, 0.15) is 0 Å². The summed E-state index contributed by atoms with van der Waals surface area (Å²) in [7, 11) is 0. The normalized spacial score (nSPS) is 9.83. The molecule has 5 heteroatoms. The van der Waals surface area contributed by atoms with Gasteiger partial charge < -0.3 is 0 Å². The van der Waals surface area contributed by atoms with Gasteiger partial charge in [-0.3, -0.25) is 14.9 Å².